The van der Waals surface area contributed by atoms with Crippen LogP contribution in [0.1, 0.15) is 16.8 Å². The number of aromatic nitrogens is 1. The molecule has 3 rings (SSSR count). The standard InChI is InChI=1S/C18H17N3O3S2/c1-13-7-9-16(10-8-13)26(22,23)24-17-6-4-3-5-15(17)11-19-21-18-20-14(2)12-25-18/h3-12H,1-2H3,(H,20,21). The van der Waals surface area contributed by atoms with Gasteiger partial charge in [0.1, 0.15) is 4.90 Å². The Morgan fingerprint density at radius 2 is 1.85 bits per heavy atom. The van der Waals surface area contributed by atoms with Gasteiger partial charge in [0.15, 0.2) is 5.75 Å². The van der Waals surface area contributed by atoms with Crippen LogP contribution in [-0.2, 0) is 10.1 Å². The first-order valence-corrected chi connectivity index (χ1v) is 10.0. The molecule has 26 heavy (non-hydrogen) atoms. The lowest BCUT2D eigenvalue weighted by atomic mass is 10.2. The summed E-state index contributed by atoms with van der Waals surface area (Å²) in [5, 5.41) is 6.66. The van der Waals surface area contributed by atoms with Gasteiger partial charge >= 0.3 is 10.1 Å². The highest BCUT2D eigenvalue weighted by atomic mass is 32.2. The smallest absolute Gasteiger partial charge is 0.339 e. The van der Waals surface area contributed by atoms with E-state index in [1.165, 1.54) is 29.7 Å². The summed E-state index contributed by atoms with van der Waals surface area (Å²) in [7, 11) is -3.92. The Kier molecular flexibility index (Phi) is 5.34. The number of rotatable bonds is 6. The Labute approximate surface area is 156 Å². The number of para-hydroxylation sites is 1. The van der Waals surface area contributed by atoms with Crippen LogP contribution in [-0.4, -0.2) is 19.6 Å². The molecule has 0 spiro atoms. The van der Waals surface area contributed by atoms with E-state index in [1.54, 1.807) is 36.4 Å². The Morgan fingerprint density at radius 1 is 1.12 bits per heavy atom. The molecule has 3 aromatic rings. The van der Waals surface area contributed by atoms with E-state index in [2.05, 4.69) is 15.5 Å². The minimum Gasteiger partial charge on any atom is -0.378 e. The van der Waals surface area contributed by atoms with Crippen molar-refractivity contribution in [3.63, 3.8) is 0 Å². The third-order valence-corrected chi connectivity index (χ3v) is 5.52. The lowest BCUT2D eigenvalue weighted by Crippen LogP contribution is -2.11. The zero-order valence-corrected chi connectivity index (χ0v) is 15.8. The van der Waals surface area contributed by atoms with Crippen LogP contribution in [0, 0.1) is 13.8 Å². The van der Waals surface area contributed by atoms with Gasteiger partial charge in [-0.05, 0) is 38.1 Å². The molecule has 134 valence electrons. The van der Waals surface area contributed by atoms with Crippen molar-refractivity contribution in [3.8, 4) is 5.75 Å². The van der Waals surface area contributed by atoms with Crippen LogP contribution < -0.4 is 9.61 Å². The van der Waals surface area contributed by atoms with Crippen LogP contribution in [0.4, 0.5) is 5.13 Å². The van der Waals surface area contributed by atoms with Crippen molar-refractivity contribution < 1.29 is 12.6 Å². The molecule has 0 aliphatic carbocycles. The molecule has 1 N–H and O–H groups in total. The zero-order valence-electron chi connectivity index (χ0n) is 14.2. The summed E-state index contributed by atoms with van der Waals surface area (Å²) in [6.07, 6.45) is 1.50. The van der Waals surface area contributed by atoms with E-state index in [0.29, 0.717) is 10.7 Å². The average Bonchev–Trinajstić information content (AvgIpc) is 3.02. The quantitative estimate of drug-likeness (QED) is 0.393. The van der Waals surface area contributed by atoms with Crippen molar-refractivity contribution in [2.75, 3.05) is 5.43 Å². The second-order valence-electron chi connectivity index (χ2n) is 5.55. The fourth-order valence-electron chi connectivity index (χ4n) is 2.10. The zero-order chi connectivity index (χ0) is 18.6. The van der Waals surface area contributed by atoms with E-state index >= 15 is 0 Å². The van der Waals surface area contributed by atoms with Gasteiger partial charge in [-0.1, -0.05) is 29.8 Å². The molecule has 0 amide bonds. The molecule has 2 aromatic carbocycles. The largest absolute Gasteiger partial charge is 0.378 e. The van der Waals surface area contributed by atoms with Crippen molar-refractivity contribution in [1.82, 2.24) is 4.98 Å². The van der Waals surface area contributed by atoms with E-state index in [1.807, 2.05) is 19.2 Å². The lowest BCUT2D eigenvalue weighted by molar-refractivity contribution is 0.485. The number of nitrogens with one attached hydrogen (secondary N) is 1. The number of nitrogens with zero attached hydrogens (tertiary/aromatic N) is 2. The fourth-order valence-corrected chi connectivity index (χ4v) is 3.69. The molecule has 1 heterocycles. The maximum absolute atomic E-state index is 12.5. The summed E-state index contributed by atoms with van der Waals surface area (Å²) in [5.74, 6) is 0.203. The Bertz CT molecular complexity index is 1030. The van der Waals surface area contributed by atoms with E-state index < -0.39 is 10.1 Å². The topological polar surface area (TPSA) is 80.7 Å². The molecular weight excluding hydrogens is 370 g/mol. The van der Waals surface area contributed by atoms with Gasteiger partial charge in [0.05, 0.1) is 11.9 Å². The van der Waals surface area contributed by atoms with Crippen LogP contribution in [0.3, 0.4) is 0 Å². The summed E-state index contributed by atoms with van der Waals surface area (Å²) in [6.45, 7) is 3.78. The summed E-state index contributed by atoms with van der Waals surface area (Å²) in [5.41, 5.74) is 5.22. The highest BCUT2D eigenvalue weighted by Gasteiger charge is 2.17. The molecule has 0 fully saturated rings. The number of hydrazone groups is 1. The fraction of sp³-hybridized carbons (Fsp3) is 0.111. The van der Waals surface area contributed by atoms with Crippen LogP contribution in [0.5, 0.6) is 5.75 Å². The van der Waals surface area contributed by atoms with Gasteiger partial charge in [-0.2, -0.15) is 13.5 Å². The second-order valence-corrected chi connectivity index (χ2v) is 7.96. The number of anilines is 1. The highest BCUT2D eigenvalue weighted by molar-refractivity contribution is 7.87. The van der Waals surface area contributed by atoms with Crippen molar-refractivity contribution in [2.24, 2.45) is 5.10 Å². The number of hydrogen-bond donors (Lipinski definition) is 1. The van der Waals surface area contributed by atoms with E-state index in [4.69, 9.17) is 4.18 Å². The van der Waals surface area contributed by atoms with Gasteiger partial charge in [0.25, 0.3) is 0 Å². The van der Waals surface area contributed by atoms with Crippen LogP contribution in [0.2, 0.25) is 0 Å². The first kappa shape index (κ1) is 18.1. The predicted octanol–water partition coefficient (Wildman–Crippen LogP) is 3.97. The second kappa shape index (κ2) is 7.67. The third kappa shape index (κ3) is 4.47. The highest BCUT2D eigenvalue weighted by Crippen LogP contribution is 2.22. The van der Waals surface area contributed by atoms with Crippen LogP contribution >= 0.6 is 11.3 Å². The van der Waals surface area contributed by atoms with E-state index in [0.717, 1.165) is 11.3 Å². The lowest BCUT2D eigenvalue weighted by Gasteiger charge is -2.09. The molecule has 6 nitrogen and oxygen atoms in total. The summed E-state index contributed by atoms with van der Waals surface area (Å²) in [6, 6.07) is 13.3. The number of benzene rings is 2. The molecule has 0 radical (unpaired) electrons. The molecule has 0 bridgehead atoms. The number of aryl methyl sites for hydroxylation is 2. The first-order chi connectivity index (χ1) is 12.4. The van der Waals surface area contributed by atoms with Crippen molar-refractivity contribution in [1.29, 1.82) is 0 Å². The van der Waals surface area contributed by atoms with Gasteiger partial charge in [0.2, 0.25) is 5.13 Å². The summed E-state index contributed by atoms with van der Waals surface area (Å²) >= 11 is 1.43. The minimum atomic E-state index is -3.92. The summed E-state index contributed by atoms with van der Waals surface area (Å²) in [4.78, 5) is 4.34. The molecule has 0 atom stereocenters. The van der Waals surface area contributed by atoms with Gasteiger partial charge < -0.3 is 4.18 Å². The molecule has 0 saturated heterocycles. The van der Waals surface area contributed by atoms with Crippen molar-refractivity contribution >= 4 is 32.8 Å². The molecule has 0 unspecified atom stereocenters. The SMILES string of the molecule is Cc1ccc(S(=O)(=O)Oc2ccccc2C=NNc2nc(C)cs2)cc1. The minimum absolute atomic E-state index is 0.103. The Hall–Kier alpha value is -2.71. The van der Waals surface area contributed by atoms with E-state index in [-0.39, 0.29) is 10.6 Å². The normalized spacial score (nSPS) is 11.6. The molecule has 1 aromatic heterocycles. The molecule has 0 aliphatic heterocycles. The third-order valence-electron chi connectivity index (χ3n) is 3.41. The maximum atomic E-state index is 12.5. The first-order valence-electron chi connectivity index (χ1n) is 7.75. The van der Waals surface area contributed by atoms with Gasteiger partial charge in [-0.3, -0.25) is 5.43 Å². The molecule has 8 heteroatoms. The predicted molar refractivity (Wildman–Crippen MR) is 104 cm³/mol. The van der Waals surface area contributed by atoms with Crippen molar-refractivity contribution in [3.05, 3.63) is 70.7 Å². The van der Waals surface area contributed by atoms with Crippen LogP contribution in [0.15, 0.2) is 63.9 Å². The Balaban J connectivity index is 1.79. The monoisotopic (exact) mass is 387 g/mol. The van der Waals surface area contributed by atoms with E-state index in [9.17, 15) is 8.42 Å². The maximum Gasteiger partial charge on any atom is 0.339 e. The molecular formula is C18H17N3O3S2. The number of hydrogen-bond acceptors (Lipinski definition) is 7. The summed E-state index contributed by atoms with van der Waals surface area (Å²) < 4.78 is 30.3. The van der Waals surface area contributed by atoms with Crippen LogP contribution in [0.25, 0.3) is 0 Å². The average molecular weight is 387 g/mol. The molecule has 0 saturated carbocycles. The molecule has 0 aliphatic rings. The van der Waals surface area contributed by atoms with Gasteiger partial charge in [0, 0.05) is 10.9 Å². The van der Waals surface area contributed by atoms with Gasteiger partial charge in [-0.15, -0.1) is 11.3 Å². The van der Waals surface area contributed by atoms with Gasteiger partial charge in [-0.25, -0.2) is 4.98 Å². The number of thiazole rings is 1. The Morgan fingerprint density at radius 3 is 2.54 bits per heavy atom. The van der Waals surface area contributed by atoms with Crippen molar-refractivity contribution in [2.45, 2.75) is 18.7 Å².